The largest absolute Gasteiger partial charge is 0.494 e. The second-order valence-corrected chi connectivity index (χ2v) is 13.4. The van der Waals surface area contributed by atoms with E-state index in [4.69, 9.17) is 24.2 Å². The van der Waals surface area contributed by atoms with Crippen LogP contribution < -0.4 is 15.0 Å². The van der Waals surface area contributed by atoms with Crippen LogP contribution in [-0.4, -0.2) is 105 Å². The molecule has 17 heteroatoms. The van der Waals surface area contributed by atoms with Crippen molar-refractivity contribution in [1.29, 1.82) is 0 Å². The molecule has 0 unspecified atom stereocenters. The molecule has 0 radical (unpaired) electrons. The van der Waals surface area contributed by atoms with E-state index in [1.807, 2.05) is 34.6 Å². The third-order valence-electron chi connectivity index (χ3n) is 9.96. The van der Waals surface area contributed by atoms with Gasteiger partial charge in [-0.2, -0.15) is 5.10 Å². The predicted octanol–water partition coefficient (Wildman–Crippen LogP) is 4.65. The summed E-state index contributed by atoms with van der Waals surface area (Å²) in [6.07, 6.45) is 1.39. The monoisotopic (exact) mass is 742 g/mol. The molecule has 1 N–H and O–H groups in total. The summed E-state index contributed by atoms with van der Waals surface area (Å²) in [7, 11) is 6.11. The summed E-state index contributed by atoms with van der Waals surface area (Å²) >= 11 is 0. The van der Waals surface area contributed by atoms with Crippen molar-refractivity contribution in [3.8, 4) is 22.7 Å². The Morgan fingerprint density at radius 1 is 0.963 bits per heavy atom. The number of likely N-dealkylation sites (N-methyl/N-ethyl adjacent to an activating group) is 1. The number of amides is 1. The number of halogens is 3. The summed E-state index contributed by atoms with van der Waals surface area (Å²) in [5.74, 6) is -0.601. The van der Waals surface area contributed by atoms with Gasteiger partial charge in [0.15, 0.2) is 23.0 Å². The third kappa shape index (κ3) is 6.12. The first-order chi connectivity index (χ1) is 26.1. The number of pyridine rings is 1. The number of hydrogen-bond donors (Lipinski definition) is 1. The normalized spacial score (nSPS) is 19.0. The highest BCUT2D eigenvalue weighted by Crippen LogP contribution is 2.36. The second kappa shape index (κ2) is 13.9. The number of rotatable bonds is 6. The highest BCUT2D eigenvalue weighted by molar-refractivity contribution is 5.94. The lowest BCUT2D eigenvalue weighted by Gasteiger charge is -2.31. The average molecular weight is 743 g/mol. The molecule has 1 fully saturated rings. The van der Waals surface area contributed by atoms with Crippen LogP contribution >= 0.6 is 0 Å². The van der Waals surface area contributed by atoms with Gasteiger partial charge in [-0.05, 0) is 31.5 Å². The lowest BCUT2D eigenvalue weighted by Crippen LogP contribution is -2.47. The topological polar surface area (TPSA) is 138 Å². The van der Waals surface area contributed by atoms with E-state index in [2.05, 4.69) is 20.4 Å². The molecule has 6 aromatic rings. The van der Waals surface area contributed by atoms with Crippen molar-refractivity contribution in [2.45, 2.75) is 44.7 Å². The molecule has 14 nitrogen and oxygen atoms in total. The van der Waals surface area contributed by atoms with E-state index < -0.39 is 29.6 Å². The number of nitrogens with one attached hydrogen (secondary N) is 1. The summed E-state index contributed by atoms with van der Waals surface area (Å²) in [4.78, 5) is 37.2. The number of imidazole rings is 1. The van der Waals surface area contributed by atoms with Crippen molar-refractivity contribution >= 4 is 39.6 Å². The maximum Gasteiger partial charge on any atom is 0.245 e. The maximum atomic E-state index is 15.4. The molecule has 8 rings (SSSR count). The van der Waals surface area contributed by atoms with Crippen molar-refractivity contribution in [2.75, 3.05) is 51.7 Å². The van der Waals surface area contributed by atoms with Crippen LogP contribution in [0.1, 0.15) is 18.1 Å². The summed E-state index contributed by atoms with van der Waals surface area (Å²) in [5, 5.41) is 8.38. The van der Waals surface area contributed by atoms with Crippen LogP contribution in [0.5, 0.6) is 5.75 Å². The number of carbonyl (C=O) groups is 1. The fraction of sp³-hybridized carbons (Fsp3) is 0.351. The quantitative estimate of drug-likeness (QED) is 0.255. The molecule has 4 aromatic heterocycles. The fourth-order valence-corrected chi connectivity index (χ4v) is 7.53. The van der Waals surface area contributed by atoms with Crippen LogP contribution in [0.15, 0.2) is 48.7 Å². The highest BCUT2D eigenvalue weighted by atomic mass is 19.1. The Kier molecular flexibility index (Phi) is 9.05. The molecule has 54 heavy (non-hydrogen) atoms. The molecular weight excluding hydrogens is 705 g/mol. The van der Waals surface area contributed by atoms with Gasteiger partial charge in [0, 0.05) is 64.2 Å². The fourth-order valence-electron chi connectivity index (χ4n) is 7.53. The van der Waals surface area contributed by atoms with Gasteiger partial charge in [-0.25, -0.2) is 37.8 Å². The van der Waals surface area contributed by atoms with Gasteiger partial charge in [0.05, 0.1) is 48.1 Å². The van der Waals surface area contributed by atoms with Gasteiger partial charge in [0.2, 0.25) is 5.91 Å². The molecule has 0 aliphatic carbocycles. The van der Waals surface area contributed by atoms with E-state index in [9.17, 15) is 9.18 Å². The van der Waals surface area contributed by atoms with Gasteiger partial charge >= 0.3 is 0 Å². The number of nitrogens with zero attached hydrogens (tertiary/aromatic N) is 9. The van der Waals surface area contributed by atoms with Gasteiger partial charge in [-0.1, -0.05) is 6.07 Å². The van der Waals surface area contributed by atoms with Crippen LogP contribution in [0.2, 0.25) is 0 Å². The maximum absolute atomic E-state index is 15.4. The van der Waals surface area contributed by atoms with Crippen molar-refractivity contribution < 1.29 is 32.2 Å². The number of aromatic nitrogens is 7. The molecule has 0 spiro atoms. The molecular formula is C37H37F3N10O4. The van der Waals surface area contributed by atoms with Crippen molar-refractivity contribution in [3.63, 3.8) is 0 Å². The Bertz CT molecular complexity index is 2420. The van der Waals surface area contributed by atoms with E-state index in [1.165, 1.54) is 37.2 Å². The zero-order valence-electron chi connectivity index (χ0n) is 30.2. The van der Waals surface area contributed by atoms with Crippen LogP contribution in [0.3, 0.4) is 0 Å². The molecule has 0 saturated carbocycles. The molecule has 3 atom stereocenters. The number of anilines is 2. The van der Waals surface area contributed by atoms with E-state index in [-0.39, 0.29) is 48.0 Å². The Morgan fingerprint density at radius 3 is 2.56 bits per heavy atom. The lowest BCUT2D eigenvalue weighted by molar-refractivity contribution is -0.132. The molecule has 2 aromatic carbocycles. The number of aryl methyl sites for hydroxylation is 1. The van der Waals surface area contributed by atoms with Crippen LogP contribution in [0.4, 0.5) is 24.8 Å². The van der Waals surface area contributed by atoms with Crippen molar-refractivity contribution in [3.05, 3.63) is 77.8 Å². The minimum Gasteiger partial charge on any atom is -0.494 e. The van der Waals surface area contributed by atoms with Crippen LogP contribution in [-0.2, 0) is 27.4 Å². The van der Waals surface area contributed by atoms with E-state index >= 15 is 8.78 Å². The van der Waals surface area contributed by atoms with Gasteiger partial charge in [-0.3, -0.25) is 4.79 Å². The number of benzene rings is 2. The van der Waals surface area contributed by atoms with Gasteiger partial charge in [0.25, 0.3) is 0 Å². The minimum absolute atomic E-state index is 0.000420. The Morgan fingerprint density at radius 2 is 1.78 bits per heavy atom. The van der Waals surface area contributed by atoms with Crippen LogP contribution in [0.25, 0.3) is 39.0 Å². The third-order valence-corrected chi connectivity index (χ3v) is 9.96. The number of carbonyl (C=O) groups excluding carboxylic acids is 1. The highest BCUT2D eigenvalue weighted by Gasteiger charge is 2.41. The minimum atomic E-state index is -0.905. The van der Waals surface area contributed by atoms with Gasteiger partial charge in [0.1, 0.15) is 47.4 Å². The smallest absolute Gasteiger partial charge is 0.245 e. The van der Waals surface area contributed by atoms with E-state index in [0.717, 1.165) is 17.6 Å². The molecule has 2 aliphatic heterocycles. The molecule has 6 heterocycles. The molecule has 4 bridgehead atoms. The predicted molar refractivity (Wildman–Crippen MR) is 193 cm³/mol. The number of ether oxygens (including phenoxy) is 3. The SMILES string of the molecule is COCc1nc(N2C[C@@H]3C[C@H]2C(=O)N(C)C[C@H](OC)Cn2c(C)nc4cc(F)cc(c42)-c2cccc(n2)N3)c2cnn(-c3c(F)cc(F)cc3OC)c2n1. The van der Waals surface area contributed by atoms with Gasteiger partial charge in [-0.15, -0.1) is 0 Å². The number of methoxy groups -OCH3 is 3. The van der Waals surface area contributed by atoms with E-state index in [1.54, 1.807) is 19.1 Å². The number of hydrogen-bond acceptors (Lipinski definition) is 11. The standard InChI is InChI=1S/C37H37F3N10O4/c1-19-42-28-11-20(38)9-24-27-7-6-8-31(44-27)43-22-13-29(37(51)47(2)16-23(53-4)17-48(19)33(24)28)49(15-22)35-25-14-41-50(36(25)46-32(45-35)18-52-3)34-26(40)10-21(39)12-30(34)54-5/h6-12,14,22-23,29H,13,15-18H2,1-5H3,(H,43,44)/t22-,23-,29-/m0/s1. The van der Waals surface area contributed by atoms with Crippen molar-refractivity contribution in [1.82, 2.24) is 39.2 Å². The Balaban J connectivity index is 1.26. The summed E-state index contributed by atoms with van der Waals surface area (Å²) < 4.78 is 64.5. The Hall–Kier alpha value is -5.81. The summed E-state index contributed by atoms with van der Waals surface area (Å²) in [6.45, 7) is 2.72. The zero-order chi connectivity index (χ0) is 37.8. The van der Waals surface area contributed by atoms with Gasteiger partial charge < -0.3 is 33.9 Å². The summed E-state index contributed by atoms with van der Waals surface area (Å²) in [6, 6.07) is 9.13. The number of fused-ring (bicyclic) bond motifs is 6. The van der Waals surface area contributed by atoms with Crippen LogP contribution in [0, 0.1) is 24.4 Å². The molecule has 1 amide bonds. The first kappa shape index (κ1) is 35.2. The first-order valence-electron chi connectivity index (χ1n) is 17.3. The van der Waals surface area contributed by atoms with Crippen molar-refractivity contribution in [2.24, 2.45) is 0 Å². The molecule has 1 saturated heterocycles. The average Bonchev–Trinajstić information content (AvgIpc) is 3.84. The Labute approximate surface area is 307 Å². The zero-order valence-corrected chi connectivity index (χ0v) is 30.2. The molecule has 280 valence electrons. The first-order valence-corrected chi connectivity index (χ1v) is 17.3. The molecule has 2 aliphatic rings. The second-order valence-electron chi connectivity index (χ2n) is 13.4. The van der Waals surface area contributed by atoms with E-state index in [0.29, 0.717) is 59.1 Å². The lowest BCUT2D eigenvalue weighted by atomic mass is 10.1. The summed E-state index contributed by atoms with van der Waals surface area (Å²) in [5.41, 5.74) is 2.40.